The van der Waals surface area contributed by atoms with Crippen molar-refractivity contribution < 1.29 is 19.1 Å². The molecule has 0 aromatic heterocycles. The van der Waals surface area contributed by atoms with Crippen LogP contribution in [0, 0.1) is 13.8 Å². The van der Waals surface area contributed by atoms with Gasteiger partial charge < -0.3 is 15.0 Å². The molecular weight excluding hydrogens is 392 g/mol. The number of carbonyl (C=O) groups excluding carboxylic acids is 3. The van der Waals surface area contributed by atoms with Gasteiger partial charge >= 0.3 is 5.97 Å². The quantitative estimate of drug-likeness (QED) is 0.588. The van der Waals surface area contributed by atoms with E-state index >= 15 is 0 Å². The summed E-state index contributed by atoms with van der Waals surface area (Å²) in [5, 5.41) is 2.84. The lowest BCUT2D eigenvalue weighted by atomic mass is 10.1. The number of carbonyl (C=O) groups is 3. The van der Waals surface area contributed by atoms with Gasteiger partial charge in [-0.1, -0.05) is 55.8 Å². The van der Waals surface area contributed by atoms with E-state index in [9.17, 15) is 14.4 Å². The lowest BCUT2D eigenvalue weighted by Crippen LogP contribution is -2.37. The number of amides is 2. The number of likely N-dealkylation sites (N-methyl/N-ethyl adjacent to an activating group) is 1. The second-order valence-corrected chi connectivity index (χ2v) is 7.82. The van der Waals surface area contributed by atoms with E-state index in [0.29, 0.717) is 0 Å². The van der Waals surface area contributed by atoms with E-state index < -0.39 is 11.9 Å². The molecule has 2 rings (SSSR count). The fraction of sp³-hybridized carbons (Fsp3) is 0.400. The van der Waals surface area contributed by atoms with E-state index in [0.717, 1.165) is 41.6 Å². The minimum atomic E-state index is -0.469. The Hall–Kier alpha value is -3.15. The molecule has 0 saturated heterocycles. The predicted octanol–water partition coefficient (Wildman–Crippen LogP) is 3.83. The molecule has 166 valence electrons. The maximum Gasteiger partial charge on any atom is 0.310 e. The van der Waals surface area contributed by atoms with Crippen molar-refractivity contribution >= 4 is 23.5 Å². The molecule has 6 heteroatoms. The summed E-state index contributed by atoms with van der Waals surface area (Å²) < 4.78 is 5.10. The van der Waals surface area contributed by atoms with Crippen LogP contribution in [0.4, 0.5) is 5.69 Å². The third-order valence-electron chi connectivity index (χ3n) is 5.10. The lowest BCUT2D eigenvalue weighted by Gasteiger charge is -2.18. The first-order chi connectivity index (χ1) is 14.8. The highest BCUT2D eigenvalue weighted by molar-refractivity contribution is 5.96. The second kappa shape index (κ2) is 11.9. The number of esters is 1. The van der Waals surface area contributed by atoms with E-state index in [-0.39, 0.29) is 25.5 Å². The van der Waals surface area contributed by atoms with Crippen molar-refractivity contribution in [1.29, 1.82) is 0 Å². The Morgan fingerprint density at radius 2 is 1.58 bits per heavy atom. The Morgan fingerprint density at radius 1 is 0.968 bits per heavy atom. The average Bonchev–Trinajstić information content (AvgIpc) is 2.74. The van der Waals surface area contributed by atoms with Gasteiger partial charge in [0.25, 0.3) is 5.91 Å². The van der Waals surface area contributed by atoms with Gasteiger partial charge in [-0.2, -0.15) is 0 Å². The van der Waals surface area contributed by atoms with Crippen LogP contribution in [0.25, 0.3) is 0 Å². The number of rotatable bonds is 10. The van der Waals surface area contributed by atoms with Crippen molar-refractivity contribution in [2.24, 2.45) is 0 Å². The molecule has 0 aliphatic rings. The molecule has 0 spiro atoms. The molecule has 0 atom stereocenters. The van der Waals surface area contributed by atoms with Crippen LogP contribution < -0.4 is 5.32 Å². The number of ether oxygens (including phenoxy) is 1. The van der Waals surface area contributed by atoms with Gasteiger partial charge in [0, 0.05) is 12.7 Å². The highest BCUT2D eigenvalue weighted by Gasteiger charge is 2.16. The molecule has 0 unspecified atom stereocenters. The van der Waals surface area contributed by atoms with Gasteiger partial charge in [-0.05, 0) is 48.9 Å². The molecule has 0 aliphatic carbocycles. The van der Waals surface area contributed by atoms with Crippen LogP contribution in [0.15, 0.2) is 42.5 Å². The largest absolute Gasteiger partial charge is 0.455 e. The molecule has 0 aliphatic heterocycles. The topological polar surface area (TPSA) is 75.7 Å². The molecule has 2 amide bonds. The number of nitrogens with zero attached hydrogens (tertiary/aromatic N) is 1. The number of benzene rings is 2. The smallest absolute Gasteiger partial charge is 0.310 e. The number of aryl methyl sites for hydroxylation is 3. The average molecular weight is 425 g/mol. The Labute approximate surface area is 184 Å². The van der Waals surface area contributed by atoms with Gasteiger partial charge in [-0.15, -0.1) is 0 Å². The summed E-state index contributed by atoms with van der Waals surface area (Å²) in [6, 6.07) is 13.6. The molecule has 0 heterocycles. The number of para-hydroxylation sites is 1. The van der Waals surface area contributed by atoms with Crippen LogP contribution in [0.1, 0.15) is 42.0 Å². The summed E-state index contributed by atoms with van der Waals surface area (Å²) in [7, 11) is 1.51. The van der Waals surface area contributed by atoms with Crippen molar-refractivity contribution in [2.75, 3.05) is 25.5 Å². The Bertz CT molecular complexity index is 886. The van der Waals surface area contributed by atoms with Gasteiger partial charge in [-0.25, -0.2) is 0 Å². The molecule has 0 saturated carbocycles. The standard InChI is InChI=1S/C25H32N2O4/c1-5-6-10-20-11-13-21(14-12-20)15-24(30)31-17-23(29)27(4)16-22(28)26-25-18(2)8-7-9-19(25)3/h7-9,11-14H,5-6,10,15-17H2,1-4H3,(H,26,28). The van der Waals surface area contributed by atoms with E-state index in [2.05, 4.69) is 12.2 Å². The van der Waals surface area contributed by atoms with Gasteiger partial charge in [0.15, 0.2) is 6.61 Å². The van der Waals surface area contributed by atoms with Crippen molar-refractivity contribution in [3.63, 3.8) is 0 Å². The van der Waals surface area contributed by atoms with Crippen molar-refractivity contribution in [3.8, 4) is 0 Å². The highest BCUT2D eigenvalue weighted by Crippen LogP contribution is 2.19. The first-order valence-corrected chi connectivity index (χ1v) is 10.6. The van der Waals surface area contributed by atoms with Crippen LogP contribution in [0.3, 0.4) is 0 Å². The molecule has 6 nitrogen and oxygen atoms in total. The fourth-order valence-corrected chi connectivity index (χ4v) is 3.17. The van der Waals surface area contributed by atoms with Gasteiger partial charge in [0.2, 0.25) is 5.91 Å². The van der Waals surface area contributed by atoms with Crippen LogP contribution in [0.5, 0.6) is 0 Å². The zero-order chi connectivity index (χ0) is 22.8. The SMILES string of the molecule is CCCCc1ccc(CC(=O)OCC(=O)N(C)CC(=O)Nc2c(C)cccc2C)cc1. The second-order valence-electron chi connectivity index (χ2n) is 7.82. The van der Waals surface area contributed by atoms with E-state index in [4.69, 9.17) is 4.74 Å². The van der Waals surface area contributed by atoms with E-state index in [1.807, 2.05) is 56.3 Å². The van der Waals surface area contributed by atoms with Gasteiger partial charge in [0.1, 0.15) is 0 Å². The van der Waals surface area contributed by atoms with Gasteiger partial charge in [0.05, 0.1) is 13.0 Å². The third kappa shape index (κ3) is 7.89. The fourth-order valence-electron chi connectivity index (χ4n) is 3.17. The van der Waals surface area contributed by atoms with Crippen molar-refractivity contribution in [1.82, 2.24) is 4.90 Å². The Morgan fingerprint density at radius 3 is 2.19 bits per heavy atom. The first-order valence-electron chi connectivity index (χ1n) is 10.6. The Kier molecular flexibility index (Phi) is 9.25. The molecule has 2 aromatic carbocycles. The van der Waals surface area contributed by atoms with E-state index in [1.165, 1.54) is 17.5 Å². The summed E-state index contributed by atoms with van der Waals surface area (Å²) in [4.78, 5) is 37.8. The summed E-state index contributed by atoms with van der Waals surface area (Å²) >= 11 is 0. The predicted molar refractivity (Wildman–Crippen MR) is 122 cm³/mol. The maximum atomic E-state index is 12.3. The number of nitrogens with one attached hydrogen (secondary N) is 1. The van der Waals surface area contributed by atoms with Crippen LogP contribution >= 0.6 is 0 Å². The van der Waals surface area contributed by atoms with E-state index in [1.54, 1.807) is 0 Å². The summed E-state index contributed by atoms with van der Waals surface area (Å²) in [5.74, 6) is -1.20. The third-order valence-corrected chi connectivity index (χ3v) is 5.10. The van der Waals surface area contributed by atoms with Crippen LogP contribution in [-0.4, -0.2) is 42.9 Å². The van der Waals surface area contributed by atoms with Crippen molar-refractivity contribution in [3.05, 3.63) is 64.7 Å². The maximum absolute atomic E-state index is 12.3. The molecule has 1 N–H and O–H groups in total. The Balaban J connectivity index is 1.76. The van der Waals surface area contributed by atoms with Crippen LogP contribution in [0.2, 0.25) is 0 Å². The monoisotopic (exact) mass is 424 g/mol. The summed E-state index contributed by atoms with van der Waals surface area (Å²) in [6.45, 7) is 5.47. The zero-order valence-electron chi connectivity index (χ0n) is 18.9. The van der Waals surface area contributed by atoms with Gasteiger partial charge in [-0.3, -0.25) is 14.4 Å². The normalized spacial score (nSPS) is 10.5. The zero-order valence-corrected chi connectivity index (χ0v) is 18.9. The minimum Gasteiger partial charge on any atom is -0.455 e. The summed E-state index contributed by atoms with van der Waals surface area (Å²) in [5.41, 5.74) is 4.75. The minimum absolute atomic E-state index is 0.109. The molecule has 0 radical (unpaired) electrons. The molecule has 31 heavy (non-hydrogen) atoms. The van der Waals surface area contributed by atoms with Crippen LogP contribution in [-0.2, 0) is 32.0 Å². The molecule has 2 aromatic rings. The summed E-state index contributed by atoms with van der Waals surface area (Å²) in [6.07, 6.45) is 3.42. The number of unbranched alkanes of at least 4 members (excludes halogenated alkanes) is 1. The first kappa shape index (κ1) is 24.1. The highest BCUT2D eigenvalue weighted by atomic mass is 16.5. The molecule has 0 fully saturated rings. The molecular formula is C25H32N2O4. The number of anilines is 1. The number of hydrogen-bond acceptors (Lipinski definition) is 4. The number of hydrogen-bond donors (Lipinski definition) is 1. The van der Waals surface area contributed by atoms with Crippen molar-refractivity contribution in [2.45, 2.75) is 46.5 Å². The molecule has 0 bridgehead atoms. The lowest BCUT2D eigenvalue weighted by molar-refractivity contribution is -0.151.